The van der Waals surface area contributed by atoms with Gasteiger partial charge in [-0.1, -0.05) is 38.8 Å². The fourth-order valence-electron chi connectivity index (χ4n) is 2.96. The normalized spacial score (nSPS) is 10.9. The van der Waals surface area contributed by atoms with E-state index in [0.717, 1.165) is 72.8 Å². The van der Waals surface area contributed by atoms with Crippen molar-refractivity contribution < 1.29 is 36.6 Å². The van der Waals surface area contributed by atoms with Gasteiger partial charge in [-0.15, -0.1) is 0 Å². The molecule has 3 aromatic rings. The van der Waals surface area contributed by atoms with Gasteiger partial charge in [-0.2, -0.15) is 0 Å². The molecule has 0 fully saturated rings. The van der Waals surface area contributed by atoms with E-state index in [1.165, 1.54) is 0 Å². The van der Waals surface area contributed by atoms with Crippen molar-refractivity contribution in [2.75, 3.05) is 13.2 Å². The first-order valence-electron chi connectivity index (χ1n) is 11.3. The maximum atomic E-state index is 9.75. The molecule has 34 heavy (non-hydrogen) atoms. The molecule has 0 saturated carbocycles. The van der Waals surface area contributed by atoms with E-state index in [1.54, 1.807) is 0 Å². The van der Waals surface area contributed by atoms with Crippen LogP contribution in [0.2, 0.25) is 0 Å². The Morgan fingerprint density at radius 3 is 1.59 bits per heavy atom. The van der Waals surface area contributed by atoms with Crippen molar-refractivity contribution in [2.24, 2.45) is 0 Å². The van der Waals surface area contributed by atoms with E-state index >= 15 is 0 Å². The Kier molecular flexibility index (Phi) is 10.7. The molecule has 0 spiro atoms. The molecular weight excluding hydrogens is 449 g/mol. The van der Waals surface area contributed by atoms with Crippen molar-refractivity contribution in [3.63, 3.8) is 0 Å². The van der Waals surface area contributed by atoms with E-state index in [2.05, 4.69) is 13.8 Å². The zero-order chi connectivity index (χ0) is 25.0. The average molecular weight is 479 g/mol. The second-order valence-electron chi connectivity index (χ2n) is 7.56. The standard InChI is InChI=1S/C25H29NO3.BF4/c1-3-5-15-27-22-11-7-19(8-12-22)21-17-24(29-25(26)18-21)20-9-13-23(14-10-20)28-16-6-4-2;2-1(3,4)5/h7-14,17-18,26H,3-6,15-16H2,1-2H3;/q;-1/p+1. The molecule has 0 aliphatic carbocycles. The van der Waals surface area contributed by atoms with Crippen LogP contribution >= 0.6 is 0 Å². The molecular formula is C25H30BF4NO3. The molecule has 4 nitrogen and oxygen atoms in total. The lowest BCUT2D eigenvalue weighted by atomic mass is 10.0. The first-order chi connectivity index (χ1) is 16.2. The van der Waals surface area contributed by atoms with Gasteiger partial charge in [-0.25, -0.2) is 5.41 Å². The van der Waals surface area contributed by atoms with Gasteiger partial charge in [-0.05, 0) is 66.4 Å². The third kappa shape index (κ3) is 10.1. The Balaban J connectivity index is 0.000000739. The third-order valence-electron chi connectivity index (χ3n) is 4.67. The van der Waals surface area contributed by atoms with Crippen molar-refractivity contribution in [1.82, 2.24) is 0 Å². The van der Waals surface area contributed by atoms with Crippen LogP contribution in [0.5, 0.6) is 11.5 Å². The maximum Gasteiger partial charge on any atom is 0.673 e. The molecule has 1 heterocycles. The predicted molar refractivity (Wildman–Crippen MR) is 126 cm³/mol. The summed E-state index contributed by atoms with van der Waals surface area (Å²) in [7, 11) is -6.00. The van der Waals surface area contributed by atoms with Gasteiger partial charge in [-0.3, -0.25) is 0 Å². The molecule has 0 amide bonds. The summed E-state index contributed by atoms with van der Waals surface area (Å²) in [4.78, 5) is 0. The van der Waals surface area contributed by atoms with Crippen molar-refractivity contribution in [1.29, 1.82) is 0 Å². The highest BCUT2D eigenvalue weighted by atomic mass is 19.5. The highest BCUT2D eigenvalue weighted by Crippen LogP contribution is 2.27. The molecule has 0 bridgehead atoms. The van der Waals surface area contributed by atoms with Gasteiger partial charge in [0, 0.05) is 5.56 Å². The third-order valence-corrected chi connectivity index (χ3v) is 4.67. The largest absolute Gasteiger partial charge is 0.673 e. The van der Waals surface area contributed by atoms with E-state index in [1.807, 2.05) is 60.7 Å². The summed E-state index contributed by atoms with van der Waals surface area (Å²) in [6.45, 7) is 5.79. The molecule has 0 atom stereocenters. The van der Waals surface area contributed by atoms with Gasteiger partial charge in [0.1, 0.15) is 17.3 Å². The van der Waals surface area contributed by atoms with Gasteiger partial charge in [0.15, 0.2) is 0 Å². The van der Waals surface area contributed by atoms with Crippen molar-refractivity contribution >= 4 is 7.25 Å². The second kappa shape index (κ2) is 13.5. The van der Waals surface area contributed by atoms with Crippen LogP contribution in [0.15, 0.2) is 65.1 Å². The minimum atomic E-state index is -6.00. The number of hydrogen-bond acceptors (Lipinski definition) is 3. The Morgan fingerprint density at radius 1 is 0.706 bits per heavy atom. The fourth-order valence-corrected chi connectivity index (χ4v) is 2.96. The lowest BCUT2D eigenvalue weighted by Gasteiger charge is -2.08. The SMILES string of the molecule is CCCCOc1ccc(-c2cc(-c3ccc(OCCCC)cc3)oc(=[NH2+])c2)cc1.F[B-](F)(F)F. The first-order valence-corrected chi connectivity index (χ1v) is 11.3. The molecule has 0 aliphatic heterocycles. The molecule has 3 rings (SSSR count). The Labute approximate surface area is 197 Å². The number of benzene rings is 2. The Hall–Kier alpha value is -3.23. The zero-order valence-electron chi connectivity index (χ0n) is 19.4. The summed E-state index contributed by atoms with van der Waals surface area (Å²) < 4.78 is 56.2. The highest BCUT2D eigenvalue weighted by Gasteiger charge is 2.20. The van der Waals surface area contributed by atoms with E-state index < -0.39 is 7.25 Å². The molecule has 184 valence electrons. The summed E-state index contributed by atoms with van der Waals surface area (Å²) >= 11 is 0. The van der Waals surface area contributed by atoms with Gasteiger partial charge >= 0.3 is 12.8 Å². The quantitative estimate of drug-likeness (QED) is 0.223. The molecule has 0 radical (unpaired) electrons. The van der Waals surface area contributed by atoms with Crippen molar-refractivity contribution in [3.05, 3.63) is 66.2 Å². The lowest BCUT2D eigenvalue weighted by molar-refractivity contribution is -0.198. The predicted octanol–water partition coefficient (Wildman–Crippen LogP) is 5.93. The van der Waals surface area contributed by atoms with Crippen LogP contribution < -0.4 is 20.4 Å². The second-order valence-corrected chi connectivity index (χ2v) is 7.56. The summed E-state index contributed by atoms with van der Waals surface area (Å²) in [5.74, 6) is 2.48. The first kappa shape index (κ1) is 27.0. The number of rotatable bonds is 10. The Morgan fingerprint density at radius 2 is 1.15 bits per heavy atom. The van der Waals surface area contributed by atoms with Crippen LogP contribution in [0.3, 0.4) is 0 Å². The summed E-state index contributed by atoms with van der Waals surface area (Å²) in [5.41, 5.74) is 3.41. The van der Waals surface area contributed by atoms with Crippen LogP contribution in [0, 0.1) is 0 Å². The molecule has 9 heteroatoms. The minimum absolute atomic E-state index is 0.379. The van der Waals surface area contributed by atoms with Crippen LogP contribution in [0.25, 0.3) is 22.5 Å². The van der Waals surface area contributed by atoms with Crippen LogP contribution in [0.1, 0.15) is 39.5 Å². The number of halogens is 4. The summed E-state index contributed by atoms with van der Waals surface area (Å²) in [5, 5.41) is 6.04. The van der Waals surface area contributed by atoms with Gasteiger partial charge in [0.25, 0.3) is 0 Å². The highest BCUT2D eigenvalue weighted by molar-refractivity contribution is 6.50. The van der Waals surface area contributed by atoms with Crippen molar-refractivity contribution in [3.8, 4) is 33.9 Å². The number of ether oxygens (including phenoxy) is 2. The molecule has 1 aromatic heterocycles. The lowest BCUT2D eigenvalue weighted by Crippen LogP contribution is -2.44. The van der Waals surface area contributed by atoms with Crippen LogP contribution in [-0.4, -0.2) is 20.5 Å². The molecule has 2 aromatic carbocycles. The van der Waals surface area contributed by atoms with E-state index in [0.29, 0.717) is 5.55 Å². The molecule has 2 N–H and O–H groups in total. The minimum Gasteiger partial charge on any atom is -0.494 e. The summed E-state index contributed by atoms with van der Waals surface area (Å²) in [6, 6.07) is 19.9. The van der Waals surface area contributed by atoms with E-state index in [4.69, 9.17) is 19.3 Å². The Bertz CT molecular complexity index is 971. The summed E-state index contributed by atoms with van der Waals surface area (Å²) in [6.07, 6.45) is 4.36. The number of nitrogens with two attached hydrogens (primary N) is 1. The van der Waals surface area contributed by atoms with Gasteiger partial charge < -0.3 is 31.2 Å². The fraction of sp³-hybridized carbons (Fsp3) is 0.320. The van der Waals surface area contributed by atoms with Gasteiger partial charge in [0.2, 0.25) is 0 Å². The monoisotopic (exact) mass is 479 g/mol. The number of unbranched alkanes of at least 4 members (excludes halogenated alkanes) is 2. The van der Waals surface area contributed by atoms with E-state index in [9.17, 15) is 17.3 Å². The molecule has 0 saturated heterocycles. The van der Waals surface area contributed by atoms with Crippen LogP contribution in [-0.2, 0) is 0 Å². The molecule has 0 aliphatic rings. The van der Waals surface area contributed by atoms with Crippen LogP contribution in [0.4, 0.5) is 17.3 Å². The smallest absolute Gasteiger partial charge is 0.494 e. The maximum absolute atomic E-state index is 9.75. The molecule has 0 unspecified atom stereocenters. The van der Waals surface area contributed by atoms with Crippen molar-refractivity contribution in [2.45, 2.75) is 39.5 Å². The average Bonchev–Trinajstić information content (AvgIpc) is 2.79. The zero-order valence-corrected chi connectivity index (χ0v) is 19.4. The van der Waals surface area contributed by atoms with E-state index in [-0.39, 0.29) is 0 Å². The topological polar surface area (TPSA) is 57.2 Å². The number of hydrogen-bond donors (Lipinski definition) is 1. The van der Waals surface area contributed by atoms with Gasteiger partial charge in [0.05, 0.1) is 19.3 Å².